The summed E-state index contributed by atoms with van der Waals surface area (Å²) in [7, 11) is 0. The van der Waals surface area contributed by atoms with E-state index in [-0.39, 0.29) is 0 Å². The molecule has 220 valence electrons. The van der Waals surface area contributed by atoms with E-state index in [0.29, 0.717) is 28.9 Å². The van der Waals surface area contributed by atoms with Gasteiger partial charge in [-0.2, -0.15) is 0 Å². The van der Waals surface area contributed by atoms with Gasteiger partial charge in [-0.1, -0.05) is 127 Å². The number of benzene rings is 6. The Morgan fingerprint density at radius 3 is 1.57 bits per heavy atom. The summed E-state index contributed by atoms with van der Waals surface area (Å²) in [6, 6.07) is 50.5. The second-order valence-electron chi connectivity index (χ2n) is 11.3. The Balaban J connectivity index is 1.34. The number of rotatable bonds is 5. The summed E-state index contributed by atoms with van der Waals surface area (Å²) in [4.78, 5) is 25.3. The molecule has 0 bridgehead atoms. The predicted molar refractivity (Wildman–Crippen MR) is 187 cm³/mol. The molecule has 0 spiro atoms. The van der Waals surface area contributed by atoms with Crippen molar-refractivity contribution in [1.82, 2.24) is 24.9 Å². The van der Waals surface area contributed by atoms with E-state index < -0.39 is 0 Å². The summed E-state index contributed by atoms with van der Waals surface area (Å²) in [5.41, 5.74) is 7.68. The molecule has 0 atom stereocenters. The lowest BCUT2D eigenvalue weighted by Gasteiger charge is -2.12. The molecule has 6 heteroatoms. The normalized spacial score (nSPS) is 11.4. The van der Waals surface area contributed by atoms with Gasteiger partial charge in [-0.05, 0) is 24.3 Å². The van der Waals surface area contributed by atoms with Crippen LogP contribution >= 0.6 is 0 Å². The van der Waals surface area contributed by atoms with Gasteiger partial charge in [0.15, 0.2) is 23.3 Å². The summed E-state index contributed by atoms with van der Waals surface area (Å²) in [5, 5.41) is 2.90. The Bertz CT molecular complexity index is 2510. The smallest absolute Gasteiger partial charge is 0.164 e. The van der Waals surface area contributed by atoms with Gasteiger partial charge in [0.25, 0.3) is 0 Å². The lowest BCUT2D eigenvalue weighted by Crippen LogP contribution is -2.01. The van der Waals surface area contributed by atoms with Crippen LogP contribution in [-0.4, -0.2) is 24.9 Å². The number of aromatic nitrogens is 5. The van der Waals surface area contributed by atoms with Crippen molar-refractivity contribution in [3.05, 3.63) is 152 Å². The largest absolute Gasteiger partial charge is 0.456 e. The van der Waals surface area contributed by atoms with Crippen LogP contribution in [0.25, 0.3) is 89.7 Å². The first-order valence-corrected chi connectivity index (χ1v) is 15.4. The molecule has 9 aromatic rings. The average Bonchev–Trinajstić information content (AvgIpc) is 3.53. The second kappa shape index (κ2) is 11.1. The minimum absolute atomic E-state index is 0.542. The van der Waals surface area contributed by atoms with Crippen molar-refractivity contribution in [2.75, 3.05) is 0 Å². The van der Waals surface area contributed by atoms with Crippen molar-refractivity contribution in [3.63, 3.8) is 0 Å². The highest BCUT2D eigenvalue weighted by Gasteiger charge is 2.21. The van der Waals surface area contributed by atoms with E-state index in [9.17, 15) is 0 Å². The first kappa shape index (κ1) is 26.8. The number of furan rings is 1. The Kier molecular flexibility index (Phi) is 6.35. The van der Waals surface area contributed by atoms with Gasteiger partial charge in [0.2, 0.25) is 0 Å². The molecule has 0 amide bonds. The molecular weight excluding hydrogens is 578 g/mol. The molecule has 0 aliphatic heterocycles. The fraction of sp³-hybridized carbons (Fsp3) is 0. The quantitative estimate of drug-likeness (QED) is 0.195. The summed E-state index contributed by atoms with van der Waals surface area (Å²) in [6.07, 6.45) is 0. The zero-order valence-corrected chi connectivity index (χ0v) is 25.1. The summed E-state index contributed by atoms with van der Waals surface area (Å²) >= 11 is 0. The van der Waals surface area contributed by atoms with E-state index >= 15 is 0 Å². The topological polar surface area (TPSA) is 77.6 Å². The van der Waals surface area contributed by atoms with Crippen molar-refractivity contribution >= 4 is 32.8 Å². The van der Waals surface area contributed by atoms with E-state index in [1.54, 1.807) is 0 Å². The number of nitrogens with zero attached hydrogens (tertiary/aromatic N) is 5. The second-order valence-corrected chi connectivity index (χ2v) is 11.3. The molecule has 3 heterocycles. The predicted octanol–water partition coefficient (Wildman–Crippen LogP) is 10.0. The van der Waals surface area contributed by atoms with Gasteiger partial charge in [0.1, 0.15) is 11.2 Å². The lowest BCUT2D eigenvalue weighted by molar-refractivity contribution is 0.669. The third-order valence-electron chi connectivity index (χ3n) is 8.33. The van der Waals surface area contributed by atoms with E-state index in [1.165, 1.54) is 0 Å². The van der Waals surface area contributed by atoms with Crippen LogP contribution < -0.4 is 0 Å². The van der Waals surface area contributed by atoms with Crippen LogP contribution in [0.3, 0.4) is 0 Å². The van der Waals surface area contributed by atoms with Gasteiger partial charge in [0, 0.05) is 44.0 Å². The standard InChI is InChI=1S/C41H25N5O/c1-4-14-26(15-5-1)37-30-20-10-12-22-33(30)42-40(43-37)29-24-32(36-31-21-11-13-23-34(31)47-35(36)25-29)41-45-38(27-16-6-2-7-17-27)44-39(46-41)28-18-8-3-9-19-28/h1-25H. The molecule has 0 aliphatic rings. The van der Waals surface area contributed by atoms with Crippen molar-refractivity contribution in [2.45, 2.75) is 0 Å². The van der Waals surface area contributed by atoms with Gasteiger partial charge in [-0.3, -0.25) is 0 Å². The Labute approximate surface area is 270 Å². The fourth-order valence-electron chi connectivity index (χ4n) is 6.11. The zero-order chi connectivity index (χ0) is 31.2. The molecular formula is C41H25N5O. The van der Waals surface area contributed by atoms with Crippen LogP contribution in [0.4, 0.5) is 0 Å². The van der Waals surface area contributed by atoms with E-state index in [4.69, 9.17) is 29.3 Å². The van der Waals surface area contributed by atoms with Crippen molar-refractivity contribution in [3.8, 4) is 56.8 Å². The van der Waals surface area contributed by atoms with Gasteiger partial charge in [-0.25, -0.2) is 24.9 Å². The SMILES string of the molecule is c1ccc(-c2nc(-c3ccccc3)nc(-c3cc(-c4nc(-c5ccccc5)c5ccccc5n4)cc4oc5ccccc5c34)n2)cc1. The maximum atomic E-state index is 6.48. The van der Waals surface area contributed by atoms with Crippen LogP contribution in [0.1, 0.15) is 0 Å². The fourth-order valence-corrected chi connectivity index (χ4v) is 6.11. The molecule has 0 N–H and O–H groups in total. The maximum Gasteiger partial charge on any atom is 0.164 e. The molecule has 0 saturated carbocycles. The minimum atomic E-state index is 0.542. The minimum Gasteiger partial charge on any atom is -0.456 e. The van der Waals surface area contributed by atoms with Crippen molar-refractivity contribution in [1.29, 1.82) is 0 Å². The van der Waals surface area contributed by atoms with E-state index in [0.717, 1.165) is 60.8 Å². The molecule has 9 rings (SSSR count). The number of hydrogen-bond donors (Lipinski definition) is 0. The maximum absolute atomic E-state index is 6.48. The first-order chi connectivity index (χ1) is 23.3. The molecule has 0 saturated heterocycles. The highest BCUT2D eigenvalue weighted by molar-refractivity contribution is 6.13. The van der Waals surface area contributed by atoms with Crippen LogP contribution in [0.2, 0.25) is 0 Å². The number of hydrogen-bond acceptors (Lipinski definition) is 6. The Morgan fingerprint density at radius 1 is 0.362 bits per heavy atom. The molecule has 47 heavy (non-hydrogen) atoms. The van der Waals surface area contributed by atoms with Gasteiger partial charge >= 0.3 is 0 Å². The molecule has 0 radical (unpaired) electrons. The summed E-state index contributed by atoms with van der Waals surface area (Å²) < 4.78 is 6.48. The van der Waals surface area contributed by atoms with E-state index in [1.807, 2.05) is 121 Å². The third-order valence-corrected chi connectivity index (χ3v) is 8.33. The molecule has 0 unspecified atom stereocenters. The van der Waals surface area contributed by atoms with Crippen LogP contribution in [0, 0.1) is 0 Å². The van der Waals surface area contributed by atoms with Gasteiger partial charge < -0.3 is 4.42 Å². The molecule has 0 aliphatic carbocycles. The van der Waals surface area contributed by atoms with Crippen LogP contribution in [0.15, 0.2) is 156 Å². The highest BCUT2D eigenvalue weighted by Crippen LogP contribution is 2.40. The highest BCUT2D eigenvalue weighted by atomic mass is 16.3. The monoisotopic (exact) mass is 603 g/mol. The molecule has 3 aromatic heterocycles. The molecule has 0 fully saturated rings. The van der Waals surface area contributed by atoms with Crippen LogP contribution in [-0.2, 0) is 0 Å². The number of fused-ring (bicyclic) bond motifs is 4. The Hall–Kier alpha value is -6.53. The first-order valence-electron chi connectivity index (χ1n) is 15.4. The van der Waals surface area contributed by atoms with Crippen molar-refractivity contribution < 1.29 is 4.42 Å². The Morgan fingerprint density at radius 2 is 0.894 bits per heavy atom. The average molecular weight is 604 g/mol. The summed E-state index contributed by atoms with van der Waals surface area (Å²) in [5.74, 6) is 2.32. The third kappa shape index (κ3) is 4.80. The lowest BCUT2D eigenvalue weighted by atomic mass is 10.0. The van der Waals surface area contributed by atoms with Crippen molar-refractivity contribution in [2.24, 2.45) is 0 Å². The number of para-hydroxylation sites is 2. The molecule has 6 aromatic carbocycles. The van der Waals surface area contributed by atoms with Gasteiger partial charge in [-0.15, -0.1) is 0 Å². The van der Waals surface area contributed by atoms with Gasteiger partial charge in [0.05, 0.1) is 11.2 Å². The summed E-state index contributed by atoms with van der Waals surface area (Å²) in [6.45, 7) is 0. The van der Waals surface area contributed by atoms with E-state index in [2.05, 4.69) is 30.3 Å². The van der Waals surface area contributed by atoms with Crippen LogP contribution in [0.5, 0.6) is 0 Å². The molecule has 6 nitrogen and oxygen atoms in total. The zero-order valence-electron chi connectivity index (χ0n) is 25.1.